The van der Waals surface area contributed by atoms with Crippen molar-refractivity contribution in [2.24, 2.45) is 0 Å². The number of H-pyrrole nitrogens is 1. The first-order chi connectivity index (χ1) is 11.4. The van der Waals surface area contributed by atoms with Crippen LogP contribution in [0.15, 0.2) is 42.7 Å². The van der Waals surface area contributed by atoms with Crippen molar-refractivity contribution in [2.75, 3.05) is 31.6 Å². The van der Waals surface area contributed by atoms with Gasteiger partial charge in [0.1, 0.15) is 5.65 Å². The Balaban J connectivity index is 1.42. The second-order valence-electron chi connectivity index (χ2n) is 5.69. The summed E-state index contributed by atoms with van der Waals surface area (Å²) in [4.78, 5) is 14.3. The predicted molar refractivity (Wildman–Crippen MR) is 89.7 cm³/mol. The van der Waals surface area contributed by atoms with Gasteiger partial charge < -0.3 is 15.0 Å². The molecule has 6 nitrogen and oxygen atoms in total. The van der Waals surface area contributed by atoms with Crippen LogP contribution in [0, 0.1) is 0 Å². The first-order valence-electron chi connectivity index (χ1n) is 7.83. The van der Waals surface area contributed by atoms with Crippen LogP contribution in [-0.2, 0) is 11.3 Å². The van der Waals surface area contributed by atoms with E-state index in [9.17, 15) is 0 Å². The lowest BCUT2D eigenvalue weighted by atomic mass is 10.2. The molecule has 0 aliphatic carbocycles. The van der Waals surface area contributed by atoms with E-state index < -0.39 is 0 Å². The summed E-state index contributed by atoms with van der Waals surface area (Å²) in [5, 5.41) is 4.25. The molecule has 23 heavy (non-hydrogen) atoms. The Morgan fingerprint density at radius 1 is 1.13 bits per heavy atom. The zero-order valence-electron chi connectivity index (χ0n) is 12.8. The molecule has 1 saturated heterocycles. The van der Waals surface area contributed by atoms with Gasteiger partial charge in [-0.3, -0.25) is 4.90 Å². The summed E-state index contributed by atoms with van der Waals surface area (Å²) in [5.74, 6) is 0.598. The SMILES string of the molecule is c1cc2cnc(Nc3ccc(CN4CCOCC4)cc3)nc2[nH]1. The Labute approximate surface area is 134 Å². The first-order valence-corrected chi connectivity index (χ1v) is 7.83. The first kappa shape index (κ1) is 14.2. The molecule has 3 heterocycles. The van der Waals surface area contributed by atoms with Gasteiger partial charge in [-0.25, -0.2) is 4.98 Å². The summed E-state index contributed by atoms with van der Waals surface area (Å²) in [6, 6.07) is 10.4. The molecule has 118 valence electrons. The van der Waals surface area contributed by atoms with Crippen molar-refractivity contribution in [3.8, 4) is 0 Å². The molecule has 0 unspecified atom stereocenters. The third-order valence-electron chi connectivity index (χ3n) is 4.02. The topological polar surface area (TPSA) is 66.1 Å². The maximum absolute atomic E-state index is 5.38. The number of fused-ring (bicyclic) bond motifs is 1. The summed E-state index contributed by atoms with van der Waals surface area (Å²) in [6.07, 6.45) is 3.68. The van der Waals surface area contributed by atoms with Gasteiger partial charge in [-0.05, 0) is 23.8 Å². The molecule has 4 rings (SSSR count). The number of anilines is 2. The third-order valence-corrected chi connectivity index (χ3v) is 4.02. The van der Waals surface area contributed by atoms with Gasteiger partial charge in [-0.1, -0.05) is 12.1 Å². The summed E-state index contributed by atoms with van der Waals surface area (Å²) < 4.78 is 5.38. The van der Waals surface area contributed by atoms with Crippen molar-refractivity contribution in [3.63, 3.8) is 0 Å². The van der Waals surface area contributed by atoms with Crippen LogP contribution < -0.4 is 5.32 Å². The third kappa shape index (κ3) is 3.33. The van der Waals surface area contributed by atoms with E-state index >= 15 is 0 Å². The number of rotatable bonds is 4. The molecule has 2 aromatic heterocycles. The summed E-state index contributed by atoms with van der Waals surface area (Å²) in [5.41, 5.74) is 3.13. The average molecular weight is 309 g/mol. The zero-order valence-corrected chi connectivity index (χ0v) is 12.8. The van der Waals surface area contributed by atoms with E-state index in [2.05, 4.69) is 49.4 Å². The monoisotopic (exact) mass is 309 g/mol. The van der Waals surface area contributed by atoms with E-state index in [-0.39, 0.29) is 0 Å². The lowest BCUT2D eigenvalue weighted by Gasteiger charge is -2.26. The van der Waals surface area contributed by atoms with Crippen LogP contribution in [0.1, 0.15) is 5.56 Å². The van der Waals surface area contributed by atoms with Gasteiger partial charge in [0.05, 0.1) is 13.2 Å². The average Bonchev–Trinajstić information content (AvgIpc) is 3.05. The minimum Gasteiger partial charge on any atom is -0.379 e. The molecule has 0 amide bonds. The number of aromatic nitrogens is 3. The normalized spacial score (nSPS) is 15.8. The van der Waals surface area contributed by atoms with E-state index in [1.54, 1.807) is 0 Å². The molecule has 0 radical (unpaired) electrons. The Morgan fingerprint density at radius 2 is 1.96 bits per heavy atom. The molecule has 0 spiro atoms. The number of aromatic amines is 1. The number of nitrogens with zero attached hydrogens (tertiary/aromatic N) is 3. The van der Waals surface area contributed by atoms with Gasteiger partial charge in [-0.15, -0.1) is 0 Å². The Bertz CT molecular complexity index is 777. The van der Waals surface area contributed by atoms with Gasteiger partial charge in [0, 0.05) is 43.1 Å². The van der Waals surface area contributed by atoms with E-state index in [1.807, 2.05) is 18.5 Å². The molecular formula is C17H19N5O. The van der Waals surface area contributed by atoms with Crippen LogP contribution in [-0.4, -0.2) is 46.2 Å². The molecular weight excluding hydrogens is 290 g/mol. The lowest BCUT2D eigenvalue weighted by molar-refractivity contribution is 0.0342. The Morgan fingerprint density at radius 3 is 2.78 bits per heavy atom. The predicted octanol–water partition coefficient (Wildman–Crippen LogP) is 2.53. The van der Waals surface area contributed by atoms with Crippen molar-refractivity contribution >= 4 is 22.7 Å². The van der Waals surface area contributed by atoms with E-state index in [4.69, 9.17) is 4.74 Å². The van der Waals surface area contributed by atoms with Crippen LogP contribution in [0.2, 0.25) is 0 Å². The van der Waals surface area contributed by atoms with Gasteiger partial charge in [0.15, 0.2) is 0 Å². The molecule has 0 atom stereocenters. The molecule has 1 aromatic carbocycles. The fourth-order valence-corrected chi connectivity index (χ4v) is 2.74. The molecule has 6 heteroatoms. The second kappa shape index (κ2) is 6.36. The van der Waals surface area contributed by atoms with Crippen molar-refractivity contribution < 1.29 is 4.74 Å². The molecule has 0 bridgehead atoms. The number of nitrogens with one attached hydrogen (secondary N) is 2. The van der Waals surface area contributed by atoms with Crippen molar-refractivity contribution in [1.82, 2.24) is 19.9 Å². The summed E-state index contributed by atoms with van der Waals surface area (Å²) >= 11 is 0. The standard InChI is InChI=1S/C17H19N5O/c1-3-15(4-2-13(1)12-22-7-9-23-10-8-22)20-17-19-11-14-5-6-18-16(14)21-17/h1-6,11H,7-10,12H2,(H2,18,19,20,21). The Kier molecular flexibility index (Phi) is 3.92. The van der Waals surface area contributed by atoms with Crippen LogP contribution in [0.4, 0.5) is 11.6 Å². The van der Waals surface area contributed by atoms with Gasteiger partial charge in [0.2, 0.25) is 5.95 Å². The highest BCUT2D eigenvalue weighted by atomic mass is 16.5. The number of benzene rings is 1. The lowest BCUT2D eigenvalue weighted by Crippen LogP contribution is -2.35. The Hall–Kier alpha value is -2.44. The van der Waals surface area contributed by atoms with Crippen molar-refractivity contribution in [2.45, 2.75) is 6.54 Å². The maximum Gasteiger partial charge on any atom is 0.229 e. The molecule has 0 saturated carbocycles. The van der Waals surface area contributed by atoms with Crippen LogP contribution in [0.5, 0.6) is 0 Å². The van der Waals surface area contributed by atoms with Gasteiger partial charge in [-0.2, -0.15) is 4.98 Å². The highest BCUT2D eigenvalue weighted by Gasteiger charge is 2.10. The largest absolute Gasteiger partial charge is 0.379 e. The highest BCUT2D eigenvalue weighted by molar-refractivity contribution is 5.75. The van der Waals surface area contributed by atoms with E-state index in [1.165, 1.54) is 5.56 Å². The second-order valence-corrected chi connectivity index (χ2v) is 5.69. The number of ether oxygens (including phenoxy) is 1. The quantitative estimate of drug-likeness (QED) is 0.775. The van der Waals surface area contributed by atoms with Crippen molar-refractivity contribution in [1.29, 1.82) is 0 Å². The number of hydrogen-bond donors (Lipinski definition) is 2. The summed E-state index contributed by atoms with van der Waals surface area (Å²) in [7, 11) is 0. The fourth-order valence-electron chi connectivity index (χ4n) is 2.74. The number of morpholine rings is 1. The van der Waals surface area contributed by atoms with Crippen molar-refractivity contribution in [3.05, 3.63) is 48.3 Å². The minimum absolute atomic E-state index is 0.598. The molecule has 1 aliphatic heterocycles. The summed E-state index contributed by atoms with van der Waals surface area (Å²) in [6.45, 7) is 4.64. The van der Waals surface area contributed by atoms with E-state index in [0.29, 0.717) is 5.95 Å². The fraction of sp³-hybridized carbons (Fsp3) is 0.294. The minimum atomic E-state index is 0.598. The number of hydrogen-bond acceptors (Lipinski definition) is 5. The molecule has 3 aromatic rings. The van der Waals surface area contributed by atoms with Gasteiger partial charge >= 0.3 is 0 Å². The smallest absolute Gasteiger partial charge is 0.229 e. The maximum atomic E-state index is 5.38. The van der Waals surface area contributed by atoms with Gasteiger partial charge in [0.25, 0.3) is 0 Å². The highest BCUT2D eigenvalue weighted by Crippen LogP contribution is 2.17. The van der Waals surface area contributed by atoms with Crippen LogP contribution >= 0.6 is 0 Å². The molecule has 1 fully saturated rings. The van der Waals surface area contributed by atoms with Crippen LogP contribution in [0.25, 0.3) is 11.0 Å². The zero-order chi connectivity index (χ0) is 15.5. The molecule has 2 N–H and O–H groups in total. The molecule has 1 aliphatic rings. The van der Waals surface area contributed by atoms with Crippen LogP contribution in [0.3, 0.4) is 0 Å². The van der Waals surface area contributed by atoms with E-state index in [0.717, 1.165) is 49.6 Å².